The lowest BCUT2D eigenvalue weighted by molar-refractivity contribution is -0.137. The summed E-state index contributed by atoms with van der Waals surface area (Å²) in [4.78, 5) is 19.1. The Labute approximate surface area is 197 Å². The standard InChI is InChI=1S/C23H22F4N6O2/c24-8-18-13-32(5-6-33(18)20-4-2-17(11-28-20)23(25,26)27)12-16-10-30-31-21(16)14-1-3-19-15(7-14)9-29-22(34)35-19/h1-4,7,10-11,18H,5-6,8-9,12-13H2,(H,29,34)(H,30,31)/t18-/m1/s1. The lowest BCUT2D eigenvalue weighted by Gasteiger charge is -2.41. The van der Waals surface area contributed by atoms with Gasteiger partial charge in [0, 0.05) is 55.6 Å². The summed E-state index contributed by atoms with van der Waals surface area (Å²) < 4.78 is 57.6. The molecule has 0 bridgehead atoms. The number of ether oxygens (including phenoxy) is 1. The number of pyridine rings is 1. The number of hydrogen-bond acceptors (Lipinski definition) is 6. The van der Waals surface area contributed by atoms with Gasteiger partial charge >= 0.3 is 12.3 Å². The zero-order valence-corrected chi connectivity index (χ0v) is 18.5. The largest absolute Gasteiger partial charge is 0.417 e. The fourth-order valence-corrected chi connectivity index (χ4v) is 4.42. The lowest BCUT2D eigenvalue weighted by atomic mass is 10.0. The molecule has 2 N–H and O–H groups in total. The number of aromatic nitrogens is 3. The Bertz CT molecular complexity index is 1210. The molecule has 12 heteroatoms. The van der Waals surface area contributed by atoms with Gasteiger partial charge in [0.25, 0.3) is 0 Å². The van der Waals surface area contributed by atoms with Crippen LogP contribution in [-0.2, 0) is 19.3 Å². The van der Waals surface area contributed by atoms with Gasteiger partial charge in [-0.2, -0.15) is 18.3 Å². The Morgan fingerprint density at radius 1 is 1.14 bits per heavy atom. The molecule has 5 rings (SSSR count). The number of halogens is 4. The predicted molar refractivity (Wildman–Crippen MR) is 119 cm³/mol. The van der Waals surface area contributed by atoms with Crippen molar-refractivity contribution in [3.63, 3.8) is 0 Å². The van der Waals surface area contributed by atoms with E-state index in [2.05, 4.69) is 25.4 Å². The maximum Gasteiger partial charge on any atom is 0.417 e. The molecule has 1 saturated heterocycles. The summed E-state index contributed by atoms with van der Waals surface area (Å²) in [5.74, 6) is 0.838. The van der Waals surface area contributed by atoms with Crippen LogP contribution in [0.2, 0.25) is 0 Å². The summed E-state index contributed by atoms with van der Waals surface area (Å²) >= 11 is 0. The smallest absolute Gasteiger partial charge is 0.410 e. The molecule has 8 nitrogen and oxygen atoms in total. The summed E-state index contributed by atoms with van der Waals surface area (Å²) in [7, 11) is 0. The third-order valence-corrected chi connectivity index (χ3v) is 6.20. The fourth-order valence-electron chi connectivity index (χ4n) is 4.42. The van der Waals surface area contributed by atoms with Crippen molar-refractivity contribution in [2.75, 3.05) is 31.2 Å². The predicted octanol–water partition coefficient (Wildman–Crippen LogP) is 3.75. The molecule has 2 aliphatic heterocycles. The van der Waals surface area contributed by atoms with E-state index in [1.807, 2.05) is 12.1 Å². The topological polar surface area (TPSA) is 86.4 Å². The number of carbonyl (C=O) groups excluding carboxylic acids is 1. The molecule has 0 unspecified atom stereocenters. The van der Waals surface area contributed by atoms with Crippen molar-refractivity contribution >= 4 is 11.9 Å². The molecule has 1 fully saturated rings. The minimum absolute atomic E-state index is 0.327. The molecular formula is C23H22F4N6O2. The van der Waals surface area contributed by atoms with Crippen LogP contribution in [0.1, 0.15) is 16.7 Å². The minimum Gasteiger partial charge on any atom is -0.410 e. The van der Waals surface area contributed by atoms with Crippen molar-refractivity contribution < 1.29 is 27.1 Å². The third-order valence-electron chi connectivity index (χ3n) is 6.20. The van der Waals surface area contributed by atoms with E-state index in [0.29, 0.717) is 44.3 Å². The molecule has 0 aliphatic carbocycles. The number of amides is 1. The maximum absolute atomic E-state index is 13.9. The van der Waals surface area contributed by atoms with Gasteiger partial charge in [-0.15, -0.1) is 0 Å². The average Bonchev–Trinajstić information content (AvgIpc) is 3.31. The first-order chi connectivity index (χ1) is 16.8. The van der Waals surface area contributed by atoms with Crippen LogP contribution in [0.4, 0.5) is 28.2 Å². The summed E-state index contributed by atoms with van der Waals surface area (Å²) in [6, 6.07) is 7.22. The summed E-state index contributed by atoms with van der Waals surface area (Å²) in [5.41, 5.74) is 2.63. The van der Waals surface area contributed by atoms with Gasteiger partial charge in [-0.3, -0.25) is 10.00 Å². The van der Waals surface area contributed by atoms with Crippen LogP contribution in [0.3, 0.4) is 0 Å². The van der Waals surface area contributed by atoms with Gasteiger partial charge in [0.15, 0.2) is 0 Å². The van der Waals surface area contributed by atoms with E-state index < -0.39 is 30.5 Å². The SMILES string of the molecule is O=C1NCc2cc(-c3[nH]ncc3CN3CCN(c4ccc(C(F)(F)F)cn4)[C@H](CF)C3)ccc2O1. The van der Waals surface area contributed by atoms with Crippen molar-refractivity contribution in [3.8, 4) is 17.0 Å². The number of anilines is 1. The number of nitrogens with one attached hydrogen (secondary N) is 2. The van der Waals surface area contributed by atoms with E-state index in [4.69, 9.17) is 4.74 Å². The highest BCUT2D eigenvalue weighted by atomic mass is 19.4. The van der Waals surface area contributed by atoms with E-state index in [9.17, 15) is 22.4 Å². The van der Waals surface area contributed by atoms with Gasteiger partial charge in [-0.25, -0.2) is 14.2 Å². The lowest BCUT2D eigenvalue weighted by Crippen LogP contribution is -2.54. The number of rotatable bonds is 5. The third kappa shape index (κ3) is 4.78. The second kappa shape index (κ2) is 9.17. The normalized spacial score (nSPS) is 18.7. The number of aromatic amines is 1. The van der Waals surface area contributed by atoms with Crippen LogP contribution in [0.15, 0.2) is 42.7 Å². The van der Waals surface area contributed by atoms with Crippen LogP contribution < -0.4 is 15.0 Å². The molecular weight excluding hydrogens is 468 g/mol. The molecule has 0 saturated carbocycles. The molecule has 1 atom stereocenters. The monoisotopic (exact) mass is 490 g/mol. The summed E-state index contributed by atoms with van der Waals surface area (Å²) in [6.45, 7) is 1.61. The Kier molecular flexibility index (Phi) is 6.05. The highest BCUT2D eigenvalue weighted by Gasteiger charge is 2.32. The molecule has 1 aromatic carbocycles. The zero-order chi connectivity index (χ0) is 24.6. The van der Waals surface area contributed by atoms with Crippen molar-refractivity contribution in [2.45, 2.75) is 25.3 Å². The van der Waals surface area contributed by atoms with E-state index >= 15 is 0 Å². The van der Waals surface area contributed by atoms with E-state index in [1.54, 1.807) is 17.2 Å². The van der Waals surface area contributed by atoms with Crippen molar-refractivity contribution in [3.05, 3.63) is 59.4 Å². The molecule has 0 spiro atoms. The number of piperazine rings is 1. The van der Waals surface area contributed by atoms with E-state index in [-0.39, 0.29) is 0 Å². The summed E-state index contributed by atoms with van der Waals surface area (Å²) in [6.07, 6.45) is -2.45. The average molecular weight is 490 g/mol. The molecule has 2 aliphatic rings. The molecule has 184 valence electrons. The Hall–Kier alpha value is -3.67. The fraction of sp³-hybridized carbons (Fsp3) is 0.348. The van der Waals surface area contributed by atoms with Crippen LogP contribution in [0.5, 0.6) is 5.75 Å². The van der Waals surface area contributed by atoms with Crippen LogP contribution >= 0.6 is 0 Å². The molecule has 3 aromatic rings. The van der Waals surface area contributed by atoms with Gasteiger partial charge in [0.2, 0.25) is 0 Å². The number of fused-ring (bicyclic) bond motifs is 1. The van der Waals surface area contributed by atoms with Crippen molar-refractivity contribution in [2.24, 2.45) is 0 Å². The number of nitrogens with zero attached hydrogens (tertiary/aromatic N) is 4. The van der Waals surface area contributed by atoms with Crippen molar-refractivity contribution in [1.29, 1.82) is 0 Å². The number of hydrogen-bond donors (Lipinski definition) is 2. The van der Waals surface area contributed by atoms with Crippen LogP contribution in [-0.4, -0.2) is 58.5 Å². The van der Waals surface area contributed by atoms with Gasteiger partial charge in [-0.1, -0.05) is 0 Å². The van der Waals surface area contributed by atoms with Gasteiger partial charge in [0.1, 0.15) is 18.2 Å². The van der Waals surface area contributed by atoms with Gasteiger partial charge in [-0.05, 0) is 30.3 Å². The second-order valence-corrected chi connectivity index (χ2v) is 8.48. The number of carbonyl (C=O) groups is 1. The number of alkyl halides is 4. The minimum atomic E-state index is -4.47. The van der Waals surface area contributed by atoms with E-state index in [1.165, 1.54) is 6.07 Å². The van der Waals surface area contributed by atoms with Crippen LogP contribution in [0, 0.1) is 0 Å². The first-order valence-electron chi connectivity index (χ1n) is 11.0. The molecule has 0 radical (unpaired) electrons. The van der Waals surface area contributed by atoms with E-state index in [0.717, 1.165) is 34.6 Å². The van der Waals surface area contributed by atoms with Crippen LogP contribution in [0.25, 0.3) is 11.3 Å². The van der Waals surface area contributed by atoms with Crippen molar-refractivity contribution in [1.82, 2.24) is 25.4 Å². The Morgan fingerprint density at radius 3 is 2.74 bits per heavy atom. The number of benzene rings is 1. The van der Waals surface area contributed by atoms with Gasteiger partial charge in [0.05, 0.1) is 23.5 Å². The summed E-state index contributed by atoms with van der Waals surface area (Å²) in [5, 5.41) is 9.83. The molecule has 2 aromatic heterocycles. The molecule has 4 heterocycles. The Morgan fingerprint density at radius 2 is 2.00 bits per heavy atom. The first-order valence-corrected chi connectivity index (χ1v) is 11.0. The second-order valence-electron chi connectivity index (χ2n) is 8.48. The number of H-pyrrole nitrogens is 1. The first kappa shape index (κ1) is 23.1. The molecule has 1 amide bonds. The highest BCUT2D eigenvalue weighted by molar-refractivity contribution is 5.74. The highest BCUT2D eigenvalue weighted by Crippen LogP contribution is 2.32. The molecule has 35 heavy (non-hydrogen) atoms. The van der Waals surface area contributed by atoms with Gasteiger partial charge < -0.3 is 15.0 Å². The quantitative estimate of drug-likeness (QED) is 0.530. The Balaban J connectivity index is 1.28. The maximum atomic E-state index is 13.9. The zero-order valence-electron chi connectivity index (χ0n) is 18.5.